The summed E-state index contributed by atoms with van der Waals surface area (Å²) in [7, 11) is 0. The number of hydrogen-bond acceptors (Lipinski definition) is 2. The van der Waals surface area contributed by atoms with E-state index in [1.54, 1.807) is 13.0 Å². The van der Waals surface area contributed by atoms with Gasteiger partial charge in [-0.3, -0.25) is 0 Å². The molecule has 0 fully saturated rings. The molecular formula is C20H18O2. The van der Waals surface area contributed by atoms with Gasteiger partial charge in [-0.25, -0.2) is 4.79 Å². The minimum Gasteiger partial charge on any atom is -0.462 e. The lowest BCUT2D eigenvalue weighted by Gasteiger charge is -2.06. The zero-order valence-corrected chi connectivity index (χ0v) is 12.8. The topological polar surface area (TPSA) is 26.3 Å². The average molecular weight is 290 g/mol. The van der Waals surface area contributed by atoms with E-state index in [0.717, 1.165) is 16.7 Å². The van der Waals surface area contributed by atoms with Crippen LogP contribution in [0, 0.1) is 18.8 Å². The first-order valence-electron chi connectivity index (χ1n) is 7.21. The number of esters is 1. The molecule has 2 nitrogen and oxygen atoms in total. The second-order valence-corrected chi connectivity index (χ2v) is 4.78. The van der Waals surface area contributed by atoms with Crippen LogP contribution in [0.1, 0.15) is 23.6 Å². The van der Waals surface area contributed by atoms with Gasteiger partial charge >= 0.3 is 5.97 Å². The number of aryl methyl sites for hydroxylation is 1. The largest absolute Gasteiger partial charge is 0.462 e. The summed E-state index contributed by atoms with van der Waals surface area (Å²) < 4.78 is 5.12. The van der Waals surface area contributed by atoms with Crippen molar-refractivity contribution in [2.45, 2.75) is 13.8 Å². The minimum absolute atomic E-state index is 0.341. The van der Waals surface area contributed by atoms with E-state index >= 15 is 0 Å². The fourth-order valence-corrected chi connectivity index (χ4v) is 1.92. The van der Waals surface area contributed by atoms with Crippen molar-refractivity contribution in [3.8, 4) is 11.8 Å². The predicted molar refractivity (Wildman–Crippen MR) is 89.1 cm³/mol. The Labute approximate surface area is 131 Å². The van der Waals surface area contributed by atoms with Gasteiger partial charge in [0.15, 0.2) is 0 Å². The molecule has 110 valence electrons. The van der Waals surface area contributed by atoms with Crippen LogP contribution in [0.4, 0.5) is 0 Å². The first-order valence-corrected chi connectivity index (χ1v) is 7.21. The minimum atomic E-state index is -0.353. The van der Waals surface area contributed by atoms with Crippen molar-refractivity contribution in [1.82, 2.24) is 0 Å². The van der Waals surface area contributed by atoms with Crippen LogP contribution < -0.4 is 0 Å². The van der Waals surface area contributed by atoms with E-state index in [2.05, 4.69) is 11.8 Å². The molecule has 2 heteroatoms. The van der Waals surface area contributed by atoms with Gasteiger partial charge in [0.05, 0.1) is 12.2 Å². The van der Waals surface area contributed by atoms with Crippen LogP contribution in [0.15, 0.2) is 60.7 Å². The predicted octanol–water partition coefficient (Wildman–Crippen LogP) is 3.99. The summed E-state index contributed by atoms with van der Waals surface area (Å²) in [6.45, 7) is 4.14. The number of benzene rings is 2. The van der Waals surface area contributed by atoms with Gasteiger partial charge in [0.25, 0.3) is 0 Å². The van der Waals surface area contributed by atoms with E-state index in [4.69, 9.17) is 4.74 Å². The van der Waals surface area contributed by atoms with Crippen LogP contribution in [-0.2, 0) is 9.53 Å². The van der Waals surface area contributed by atoms with E-state index in [-0.39, 0.29) is 5.97 Å². The number of rotatable bonds is 3. The molecule has 0 atom stereocenters. The Morgan fingerprint density at radius 3 is 2.41 bits per heavy atom. The highest BCUT2D eigenvalue weighted by Gasteiger charge is 2.12. The number of hydrogen-bond donors (Lipinski definition) is 0. The molecule has 0 aliphatic rings. The highest BCUT2D eigenvalue weighted by molar-refractivity contribution is 6.17. The number of allylic oxidation sites excluding steroid dienone is 1. The van der Waals surface area contributed by atoms with Crippen molar-refractivity contribution in [3.05, 3.63) is 77.4 Å². The third-order valence-electron chi connectivity index (χ3n) is 3.06. The standard InChI is InChI=1S/C20H18O2/c1-3-22-20(21)19(18-14-12-16(2)13-15-18)11-7-10-17-8-5-4-6-9-17/h4-6,8-9,11-15H,3H2,1-2H3/b19-11-. The molecule has 0 bridgehead atoms. The van der Waals surface area contributed by atoms with Gasteiger partial charge in [0.1, 0.15) is 0 Å². The molecule has 22 heavy (non-hydrogen) atoms. The van der Waals surface area contributed by atoms with Crippen molar-refractivity contribution >= 4 is 11.5 Å². The Balaban J connectivity index is 2.32. The first-order chi connectivity index (χ1) is 10.7. The Hall–Kier alpha value is -2.79. The molecule has 0 amide bonds. The first kappa shape index (κ1) is 15.6. The number of ether oxygens (including phenoxy) is 1. The SMILES string of the molecule is CCOC(=O)/C(=C\C#Cc1ccccc1)c1ccc(C)cc1. The highest BCUT2D eigenvalue weighted by Crippen LogP contribution is 2.16. The maximum Gasteiger partial charge on any atom is 0.339 e. The molecule has 2 aromatic rings. The molecule has 0 spiro atoms. The molecular weight excluding hydrogens is 272 g/mol. The maximum absolute atomic E-state index is 12.1. The Kier molecular flexibility index (Phi) is 5.57. The maximum atomic E-state index is 12.1. The van der Waals surface area contributed by atoms with Gasteiger partial charge in [0.2, 0.25) is 0 Å². The van der Waals surface area contributed by atoms with Crippen molar-refractivity contribution < 1.29 is 9.53 Å². The lowest BCUT2D eigenvalue weighted by Crippen LogP contribution is -2.06. The molecule has 0 heterocycles. The van der Waals surface area contributed by atoms with E-state index < -0.39 is 0 Å². The summed E-state index contributed by atoms with van der Waals surface area (Å²) in [5.41, 5.74) is 3.34. The van der Waals surface area contributed by atoms with E-state index in [1.165, 1.54) is 0 Å². The molecule has 0 saturated heterocycles. The van der Waals surface area contributed by atoms with Crippen molar-refractivity contribution in [2.24, 2.45) is 0 Å². The van der Waals surface area contributed by atoms with Crippen LogP contribution >= 0.6 is 0 Å². The van der Waals surface area contributed by atoms with Crippen molar-refractivity contribution in [1.29, 1.82) is 0 Å². The van der Waals surface area contributed by atoms with Gasteiger partial charge in [0, 0.05) is 11.6 Å². The van der Waals surface area contributed by atoms with Crippen molar-refractivity contribution in [3.63, 3.8) is 0 Å². The van der Waals surface area contributed by atoms with Gasteiger partial charge < -0.3 is 4.74 Å². The molecule has 2 rings (SSSR count). The van der Waals surface area contributed by atoms with Gasteiger partial charge in [-0.1, -0.05) is 59.9 Å². The van der Waals surface area contributed by atoms with Gasteiger partial charge in [-0.15, -0.1) is 0 Å². The second kappa shape index (κ2) is 7.85. The lowest BCUT2D eigenvalue weighted by atomic mass is 10.0. The highest BCUT2D eigenvalue weighted by atomic mass is 16.5. The number of carbonyl (C=O) groups is 1. The third kappa shape index (κ3) is 4.36. The molecule has 0 aliphatic carbocycles. The molecule has 0 radical (unpaired) electrons. The smallest absolute Gasteiger partial charge is 0.339 e. The van der Waals surface area contributed by atoms with Crippen LogP contribution in [0.2, 0.25) is 0 Å². The summed E-state index contributed by atoms with van der Waals surface area (Å²) in [6.07, 6.45) is 1.62. The van der Waals surface area contributed by atoms with E-state index in [9.17, 15) is 4.79 Å². The summed E-state index contributed by atoms with van der Waals surface area (Å²) >= 11 is 0. The van der Waals surface area contributed by atoms with Crippen LogP contribution in [0.25, 0.3) is 5.57 Å². The van der Waals surface area contributed by atoms with Crippen LogP contribution in [0.5, 0.6) is 0 Å². The Morgan fingerprint density at radius 2 is 1.77 bits per heavy atom. The molecule has 0 unspecified atom stereocenters. The molecule has 0 N–H and O–H groups in total. The van der Waals surface area contributed by atoms with Crippen molar-refractivity contribution in [2.75, 3.05) is 6.61 Å². The Morgan fingerprint density at radius 1 is 1.09 bits per heavy atom. The monoisotopic (exact) mass is 290 g/mol. The molecule has 0 aliphatic heterocycles. The Bertz CT molecular complexity index is 714. The van der Waals surface area contributed by atoms with Gasteiger partial charge in [-0.2, -0.15) is 0 Å². The van der Waals surface area contributed by atoms with Gasteiger partial charge in [-0.05, 0) is 31.5 Å². The summed E-state index contributed by atoms with van der Waals surface area (Å²) in [5.74, 6) is 5.61. The van der Waals surface area contributed by atoms with Crippen LogP contribution in [0.3, 0.4) is 0 Å². The number of carbonyl (C=O) groups excluding carboxylic acids is 1. The van der Waals surface area contributed by atoms with E-state index in [0.29, 0.717) is 12.2 Å². The molecule has 2 aromatic carbocycles. The lowest BCUT2D eigenvalue weighted by molar-refractivity contribution is -0.136. The fraction of sp³-hybridized carbons (Fsp3) is 0.150. The third-order valence-corrected chi connectivity index (χ3v) is 3.06. The summed E-state index contributed by atoms with van der Waals surface area (Å²) in [4.78, 5) is 12.1. The zero-order chi connectivity index (χ0) is 15.8. The van der Waals surface area contributed by atoms with E-state index in [1.807, 2.05) is 61.5 Å². The normalized spacial score (nSPS) is 10.5. The molecule has 0 aromatic heterocycles. The summed E-state index contributed by atoms with van der Waals surface area (Å²) in [5, 5.41) is 0. The average Bonchev–Trinajstić information content (AvgIpc) is 2.54. The van der Waals surface area contributed by atoms with Crippen LogP contribution in [-0.4, -0.2) is 12.6 Å². The molecule has 0 saturated carbocycles. The second-order valence-electron chi connectivity index (χ2n) is 4.78. The zero-order valence-electron chi connectivity index (χ0n) is 12.8. The quantitative estimate of drug-likeness (QED) is 0.485. The summed E-state index contributed by atoms with van der Waals surface area (Å²) in [6, 6.07) is 17.4. The fourth-order valence-electron chi connectivity index (χ4n) is 1.92.